The first-order chi connectivity index (χ1) is 8.26. The van der Waals surface area contributed by atoms with E-state index in [0.717, 1.165) is 9.57 Å². The highest BCUT2D eigenvalue weighted by molar-refractivity contribution is 7.38. The monoisotopic (exact) mass is 270 g/mol. The lowest BCUT2D eigenvalue weighted by molar-refractivity contribution is -0.196. The molecule has 0 N–H and O–H groups in total. The van der Waals surface area contributed by atoms with Crippen LogP contribution in [-0.2, 0) is 19.2 Å². The Morgan fingerprint density at radius 1 is 0.889 bits per heavy atom. The van der Waals surface area contributed by atoms with Gasteiger partial charge in [-0.2, -0.15) is 0 Å². The van der Waals surface area contributed by atoms with Crippen LogP contribution in [0.2, 0.25) is 0 Å². The molecule has 0 bridgehead atoms. The van der Waals surface area contributed by atoms with E-state index in [2.05, 4.69) is 0 Å². The summed E-state index contributed by atoms with van der Waals surface area (Å²) in [7, 11) is -0.00913. The van der Waals surface area contributed by atoms with Gasteiger partial charge in [0.2, 0.25) is 0 Å². The summed E-state index contributed by atoms with van der Waals surface area (Å²) in [4.78, 5) is 48.7. The van der Waals surface area contributed by atoms with Crippen molar-refractivity contribution in [2.75, 3.05) is 0 Å². The van der Waals surface area contributed by atoms with Gasteiger partial charge in [-0.25, -0.2) is 0 Å². The minimum atomic E-state index is -2.01. The number of imide groups is 2. The Morgan fingerprint density at radius 2 is 1.33 bits per heavy atom. The van der Waals surface area contributed by atoms with Gasteiger partial charge in [-0.3, -0.25) is 28.7 Å². The largest absolute Gasteiger partial charge is 0.285 e. The van der Waals surface area contributed by atoms with Gasteiger partial charge in [0.1, 0.15) is 0 Å². The van der Waals surface area contributed by atoms with Crippen molar-refractivity contribution in [3.63, 3.8) is 0 Å². The highest BCUT2D eigenvalue weighted by atomic mass is 31.1. The number of likely N-dealkylation sites (tertiary alicyclic amines) is 1. The highest BCUT2D eigenvalue weighted by Crippen LogP contribution is 2.50. The zero-order chi connectivity index (χ0) is 13.8. The predicted octanol–water partition coefficient (Wildman–Crippen LogP) is 0.121. The van der Waals surface area contributed by atoms with Crippen molar-refractivity contribution in [1.29, 1.82) is 0 Å². The molecule has 0 aromatic heterocycles. The van der Waals surface area contributed by atoms with Crippen LogP contribution in [0.15, 0.2) is 0 Å². The van der Waals surface area contributed by atoms with Gasteiger partial charge >= 0.3 is 0 Å². The minimum absolute atomic E-state index is 0.00913. The SMILES string of the molecule is CC(C)PN1C(=O)C2(C1=O)C(=O)N(C(C)C)C2=O. The summed E-state index contributed by atoms with van der Waals surface area (Å²) < 4.78 is 1.03. The fraction of sp³-hybridized carbons (Fsp3) is 0.636. The number of amides is 4. The molecular formula is C11H15N2O4P. The fourth-order valence-electron chi connectivity index (χ4n) is 2.17. The maximum Gasteiger partial charge on any atom is 0.285 e. The van der Waals surface area contributed by atoms with Crippen molar-refractivity contribution in [1.82, 2.24) is 9.57 Å². The molecule has 2 aliphatic heterocycles. The van der Waals surface area contributed by atoms with Crippen LogP contribution in [0.25, 0.3) is 0 Å². The van der Waals surface area contributed by atoms with E-state index in [-0.39, 0.29) is 20.4 Å². The Balaban J connectivity index is 2.23. The third-order valence-electron chi connectivity index (χ3n) is 3.03. The Morgan fingerprint density at radius 3 is 1.67 bits per heavy atom. The van der Waals surface area contributed by atoms with Gasteiger partial charge in [0.25, 0.3) is 29.0 Å². The van der Waals surface area contributed by atoms with Crippen molar-refractivity contribution in [3.8, 4) is 0 Å². The molecule has 1 atom stereocenters. The van der Waals surface area contributed by atoms with Gasteiger partial charge in [-0.15, -0.1) is 0 Å². The van der Waals surface area contributed by atoms with Crippen LogP contribution in [0.4, 0.5) is 0 Å². The third kappa shape index (κ3) is 1.27. The highest BCUT2D eigenvalue weighted by Gasteiger charge is 2.80. The van der Waals surface area contributed by atoms with E-state index >= 15 is 0 Å². The second kappa shape index (κ2) is 3.85. The van der Waals surface area contributed by atoms with E-state index in [0.29, 0.717) is 0 Å². The average Bonchev–Trinajstić information content (AvgIpc) is 2.25. The summed E-state index contributed by atoms with van der Waals surface area (Å²) in [6.45, 7) is 7.08. The second-order valence-corrected chi connectivity index (χ2v) is 6.91. The van der Waals surface area contributed by atoms with Crippen LogP contribution >= 0.6 is 8.73 Å². The molecule has 1 spiro atoms. The predicted molar refractivity (Wildman–Crippen MR) is 64.7 cm³/mol. The van der Waals surface area contributed by atoms with E-state index < -0.39 is 29.0 Å². The van der Waals surface area contributed by atoms with Gasteiger partial charge in [0.05, 0.1) is 0 Å². The molecule has 0 radical (unpaired) electrons. The molecule has 4 amide bonds. The van der Waals surface area contributed by atoms with Gasteiger partial charge in [-0.1, -0.05) is 13.8 Å². The second-order valence-electron chi connectivity index (χ2n) is 5.05. The molecule has 6 nitrogen and oxygen atoms in total. The molecule has 2 rings (SSSR count). The lowest BCUT2D eigenvalue weighted by Gasteiger charge is -2.53. The Hall–Kier alpha value is -1.29. The quantitative estimate of drug-likeness (QED) is 0.415. The lowest BCUT2D eigenvalue weighted by Crippen LogP contribution is -2.83. The van der Waals surface area contributed by atoms with Crippen LogP contribution in [0.3, 0.4) is 0 Å². The molecular weight excluding hydrogens is 255 g/mol. The van der Waals surface area contributed by atoms with Gasteiger partial charge in [-0.05, 0) is 28.2 Å². The van der Waals surface area contributed by atoms with Crippen LogP contribution < -0.4 is 0 Å². The molecule has 0 saturated carbocycles. The molecule has 0 aromatic carbocycles. The molecule has 18 heavy (non-hydrogen) atoms. The normalized spacial score (nSPS) is 22.8. The van der Waals surface area contributed by atoms with Crippen molar-refractivity contribution < 1.29 is 19.2 Å². The summed E-state index contributed by atoms with van der Waals surface area (Å²) in [5, 5.41) is 0. The molecule has 0 aliphatic carbocycles. The molecule has 2 aliphatic rings. The number of nitrogens with zero attached hydrogens (tertiary/aromatic N) is 2. The number of carbonyl (C=O) groups is 4. The first-order valence-electron chi connectivity index (χ1n) is 5.79. The summed E-state index contributed by atoms with van der Waals surface area (Å²) >= 11 is 0. The standard InChI is InChI=1S/C11H15N2O4P/c1-5(2)12-7(14)11(8(12)15)9(16)13(10(11)17)18-6(3)4/h5-6,18H,1-4H3. The number of carbonyl (C=O) groups excluding carboxylic acids is 4. The van der Waals surface area contributed by atoms with E-state index in [9.17, 15) is 19.2 Å². The van der Waals surface area contributed by atoms with Gasteiger partial charge in [0.15, 0.2) is 0 Å². The summed E-state index contributed by atoms with van der Waals surface area (Å²) in [6, 6.07) is -0.321. The number of β-lactam (4-membered cyclic amide) rings is 4. The first kappa shape index (κ1) is 13.1. The molecule has 98 valence electrons. The lowest BCUT2D eigenvalue weighted by atomic mass is 9.70. The zero-order valence-corrected chi connectivity index (χ0v) is 11.7. The maximum atomic E-state index is 11.9. The van der Waals surface area contributed by atoms with Gasteiger partial charge < -0.3 is 0 Å². The molecule has 7 heteroatoms. The number of hydrogen-bond donors (Lipinski definition) is 0. The van der Waals surface area contributed by atoms with Crippen molar-refractivity contribution >= 4 is 32.4 Å². The van der Waals surface area contributed by atoms with E-state index in [1.807, 2.05) is 13.8 Å². The Bertz CT molecular complexity index is 438. The van der Waals surface area contributed by atoms with Crippen LogP contribution in [0.5, 0.6) is 0 Å². The molecule has 2 fully saturated rings. The van der Waals surface area contributed by atoms with Crippen LogP contribution in [0.1, 0.15) is 27.7 Å². The molecule has 1 unspecified atom stereocenters. The molecule has 2 saturated heterocycles. The van der Waals surface area contributed by atoms with Crippen molar-refractivity contribution in [2.45, 2.75) is 39.4 Å². The zero-order valence-electron chi connectivity index (χ0n) is 10.7. The maximum absolute atomic E-state index is 11.9. The summed E-state index contributed by atoms with van der Waals surface area (Å²) in [6.07, 6.45) is 0. The third-order valence-corrected chi connectivity index (χ3v) is 4.21. The van der Waals surface area contributed by atoms with E-state index in [4.69, 9.17) is 0 Å². The molecule has 0 aromatic rings. The smallest absolute Gasteiger partial charge is 0.276 e. The Labute approximate surface area is 107 Å². The van der Waals surface area contributed by atoms with Crippen molar-refractivity contribution in [3.05, 3.63) is 0 Å². The number of hydrogen-bond acceptors (Lipinski definition) is 4. The van der Waals surface area contributed by atoms with Gasteiger partial charge in [0, 0.05) is 6.04 Å². The molecule has 2 heterocycles. The average molecular weight is 270 g/mol. The fourth-order valence-corrected chi connectivity index (χ4v) is 3.25. The summed E-state index contributed by atoms with van der Waals surface area (Å²) in [5.74, 6) is -2.62. The first-order valence-corrected chi connectivity index (χ1v) is 6.82. The van der Waals surface area contributed by atoms with Crippen LogP contribution in [-0.4, -0.2) is 44.9 Å². The summed E-state index contributed by atoms with van der Waals surface area (Å²) in [5.41, 5.74) is -1.87. The Kier molecular flexibility index (Phi) is 2.81. The van der Waals surface area contributed by atoms with E-state index in [1.165, 1.54) is 0 Å². The topological polar surface area (TPSA) is 74.8 Å². The minimum Gasteiger partial charge on any atom is -0.276 e. The van der Waals surface area contributed by atoms with Crippen LogP contribution in [0, 0.1) is 5.41 Å². The van der Waals surface area contributed by atoms with Crippen molar-refractivity contribution in [2.24, 2.45) is 5.41 Å². The number of rotatable bonds is 3. The van der Waals surface area contributed by atoms with E-state index in [1.54, 1.807) is 13.8 Å².